The number of H-pyrrole nitrogens is 1. The molecule has 2 heterocycles. The van der Waals surface area contributed by atoms with Gasteiger partial charge in [-0.15, -0.1) is 11.3 Å². The van der Waals surface area contributed by atoms with Crippen LogP contribution in [0.5, 0.6) is 0 Å². The van der Waals surface area contributed by atoms with Crippen LogP contribution in [0.1, 0.15) is 21.1 Å². The van der Waals surface area contributed by atoms with E-state index in [1.54, 1.807) is 11.3 Å². The monoisotopic (exact) mass is 285 g/mol. The zero-order chi connectivity index (χ0) is 13.9. The Hall–Kier alpha value is -1.65. The van der Waals surface area contributed by atoms with Gasteiger partial charge in [0, 0.05) is 28.5 Å². The van der Waals surface area contributed by atoms with E-state index in [-0.39, 0.29) is 0 Å². The molecule has 0 saturated heterocycles. The summed E-state index contributed by atoms with van der Waals surface area (Å²) < 4.78 is 0. The molecule has 0 bridgehead atoms. The van der Waals surface area contributed by atoms with Crippen molar-refractivity contribution in [3.8, 4) is 0 Å². The van der Waals surface area contributed by atoms with E-state index in [1.807, 2.05) is 0 Å². The first kappa shape index (κ1) is 13.3. The van der Waals surface area contributed by atoms with Crippen LogP contribution in [0.3, 0.4) is 0 Å². The largest absolute Gasteiger partial charge is 0.361 e. The number of aromatic nitrogens is 2. The fourth-order valence-corrected chi connectivity index (χ4v) is 3.41. The summed E-state index contributed by atoms with van der Waals surface area (Å²) in [7, 11) is 0. The molecule has 104 valence electrons. The summed E-state index contributed by atoms with van der Waals surface area (Å²) in [6.07, 6.45) is 3.16. The molecule has 1 aromatic carbocycles. The Morgan fingerprint density at radius 2 is 2.10 bits per heavy atom. The lowest BCUT2D eigenvalue weighted by atomic mass is 10.1. The Bertz CT molecular complexity index is 711. The van der Waals surface area contributed by atoms with E-state index in [1.165, 1.54) is 21.3 Å². The van der Waals surface area contributed by atoms with E-state index < -0.39 is 0 Å². The topological polar surface area (TPSA) is 40.7 Å². The Balaban J connectivity index is 1.56. The molecular formula is C16H19N3S. The number of nitrogens with zero attached hydrogens (tertiary/aromatic N) is 1. The number of rotatable bonds is 5. The minimum atomic E-state index is 0.916. The smallest absolute Gasteiger partial charge is 0.0900 e. The van der Waals surface area contributed by atoms with Crippen LogP contribution < -0.4 is 5.32 Å². The van der Waals surface area contributed by atoms with Crippen LogP contribution in [-0.4, -0.2) is 16.5 Å². The molecule has 0 aliphatic heterocycles. The van der Waals surface area contributed by atoms with Gasteiger partial charge < -0.3 is 10.3 Å². The van der Waals surface area contributed by atoms with Crippen LogP contribution >= 0.6 is 11.3 Å². The number of aromatic amines is 1. The molecule has 4 heteroatoms. The SMILES string of the molecule is Cc1nc(C)c(CNCCc2c[nH]c3ccccc23)s1. The predicted octanol–water partition coefficient (Wildman–Crippen LogP) is 3.57. The first-order valence-corrected chi connectivity index (χ1v) is 7.74. The lowest BCUT2D eigenvalue weighted by Crippen LogP contribution is -2.16. The van der Waals surface area contributed by atoms with E-state index in [0.717, 1.165) is 30.2 Å². The van der Waals surface area contributed by atoms with Crippen LogP contribution in [0.4, 0.5) is 0 Å². The van der Waals surface area contributed by atoms with Gasteiger partial charge in [-0.25, -0.2) is 4.98 Å². The molecule has 0 saturated carbocycles. The van der Waals surface area contributed by atoms with Crippen molar-refractivity contribution in [3.63, 3.8) is 0 Å². The van der Waals surface area contributed by atoms with Gasteiger partial charge in [-0.2, -0.15) is 0 Å². The van der Waals surface area contributed by atoms with Crippen molar-refractivity contribution in [1.29, 1.82) is 0 Å². The second kappa shape index (κ2) is 5.77. The molecule has 0 aliphatic carbocycles. The van der Waals surface area contributed by atoms with Crippen molar-refractivity contribution in [1.82, 2.24) is 15.3 Å². The molecule has 0 spiro atoms. The van der Waals surface area contributed by atoms with E-state index in [9.17, 15) is 0 Å². The molecule has 0 aliphatic rings. The number of para-hydroxylation sites is 1. The van der Waals surface area contributed by atoms with Crippen LogP contribution in [0.2, 0.25) is 0 Å². The van der Waals surface area contributed by atoms with E-state index in [2.05, 4.69) is 59.6 Å². The summed E-state index contributed by atoms with van der Waals surface area (Å²) in [6.45, 7) is 6.05. The zero-order valence-electron chi connectivity index (χ0n) is 11.9. The van der Waals surface area contributed by atoms with Gasteiger partial charge in [-0.05, 0) is 38.4 Å². The first-order valence-electron chi connectivity index (χ1n) is 6.92. The molecule has 3 rings (SSSR count). The molecule has 0 atom stereocenters. The Kier molecular flexibility index (Phi) is 3.85. The molecule has 2 aromatic heterocycles. The summed E-state index contributed by atoms with van der Waals surface area (Å²) in [5.41, 5.74) is 3.76. The maximum atomic E-state index is 4.45. The van der Waals surface area contributed by atoms with Crippen LogP contribution in [0.25, 0.3) is 10.9 Å². The molecule has 0 fully saturated rings. The van der Waals surface area contributed by atoms with Crippen molar-refractivity contribution >= 4 is 22.2 Å². The third-order valence-corrected chi connectivity index (χ3v) is 4.60. The molecular weight excluding hydrogens is 266 g/mol. The van der Waals surface area contributed by atoms with Crippen molar-refractivity contribution in [2.24, 2.45) is 0 Å². The second-order valence-electron chi connectivity index (χ2n) is 5.03. The van der Waals surface area contributed by atoms with E-state index >= 15 is 0 Å². The number of thiazole rings is 1. The van der Waals surface area contributed by atoms with Crippen molar-refractivity contribution in [2.75, 3.05) is 6.54 Å². The normalized spacial score (nSPS) is 11.3. The van der Waals surface area contributed by atoms with Crippen LogP contribution in [0, 0.1) is 13.8 Å². The first-order chi connectivity index (χ1) is 9.74. The second-order valence-corrected chi connectivity index (χ2v) is 6.32. The Morgan fingerprint density at radius 3 is 2.90 bits per heavy atom. The molecule has 0 radical (unpaired) electrons. The van der Waals surface area contributed by atoms with Gasteiger partial charge in [0.1, 0.15) is 0 Å². The highest BCUT2D eigenvalue weighted by Gasteiger charge is 2.05. The lowest BCUT2D eigenvalue weighted by molar-refractivity contribution is 0.692. The number of fused-ring (bicyclic) bond motifs is 1. The summed E-state index contributed by atoms with van der Waals surface area (Å²) in [6, 6.07) is 8.46. The summed E-state index contributed by atoms with van der Waals surface area (Å²) in [5, 5.41) is 6.00. The average Bonchev–Trinajstić information content (AvgIpc) is 2.99. The highest BCUT2D eigenvalue weighted by Crippen LogP contribution is 2.18. The minimum absolute atomic E-state index is 0.916. The zero-order valence-corrected chi connectivity index (χ0v) is 12.7. The lowest BCUT2D eigenvalue weighted by Gasteiger charge is -2.03. The van der Waals surface area contributed by atoms with Gasteiger partial charge in [0.05, 0.1) is 10.7 Å². The summed E-state index contributed by atoms with van der Waals surface area (Å²) in [4.78, 5) is 9.13. The molecule has 3 nitrogen and oxygen atoms in total. The third kappa shape index (κ3) is 2.76. The quantitative estimate of drug-likeness (QED) is 0.704. The number of hydrogen-bond donors (Lipinski definition) is 2. The van der Waals surface area contributed by atoms with Crippen LogP contribution in [0.15, 0.2) is 30.5 Å². The molecule has 3 aromatic rings. The van der Waals surface area contributed by atoms with Gasteiger partial charge in [0.2, 0.25) is 0 Å². The van der Waals surface area contributed by atoms with Gasteiger partial charge in [0.15, 0.2) is 0 Å². The average molecular weight is 285 g/mol. The summed E-state index contributed by atoms with van der Waals surface area (Å²) in [5.74, 6) is 0. The highest BCUT2D eigenvalue weighted by atomic mass is 32.1. The molecule has 0 amide bonds. The molecule has 0 unspecified atom stereocenters. The van der Waals surface area contributed by atoms with E-state index in [0.29, 0.717) is 0 Å². The van der Waals surface area contributed by atoms with Crippen molar-refractivity contribution in [3.05, 3.63) is 51.6 Å². The van der Waals surface area contributed by atoms with E-state index in [4.69, 9.17) is 0 Å². The van der Waals surface area contributed by atoms with Crippen molar-refractivity contribution in [2.45, 2.75) is 26.8 Å². The maximum Gasteiger partial charge on any atom is 0.0900 e. The fourth-order valence-electron chi connectivity index (χ4n) is 2.50. The number of hydrogen-bond acceptors (Lipinski definition) is 3. The van der Waals surface area contributed by atoms with Gasteiger partial charge >= 0.3 is 0 Å². The third-order valence-electron chi connectivity index (χ3n) is 3.53. The fraction of sp³-hybridized carbons (Fsp3) is 0.312. The Labute approximate surface area is 123 Å². The number of nitrogens with one attached hydrogen (secondary N) is 2. The molecule has 2 N–H and O–H groups in total. The number of aryl methyl sites for hydroxylation is 2. The minimum Gasteiger partial charge on any atom is -0.361 e. The summed E-state index contributed by atoms with van der Waals surface area (Å²) >= 11 is 1.79. The van der Waals surface area contributed by atoms with Gasteiger partial charge in [0.25, 0.3) is 0 Å². The standard InChI is InChI=1S/C16H19N3S/c1-11-16(20-12(2)19-11)10-17-8-7-13-9-18-15-6-4-3-5-14(13)15/h3-6,9,17-18H,7-8,10H2,1-2H3. The maximum absolute atomic E-state index is 4.45. The van der Waals surface area contributed by atoms with Crippen LogP contribution in [-0.2, 0) is 13.0 Å². The van der Waals surface area contributed by atoms with Gasteiger partial charge in [-0.3, -0.25) is 0 Å². The Morgan fingerprint density at radius 1 is 1.25 bits per heavy atom. The number of benzene rings is 1. The van der Waals surface area contributed by atoms with Crippen molar-refractivity contribution < 1.29 is 0 Å². The highest BCUT2D eigenvalue weighted by molar-refractivity contribution is 7.11. The molecule has 20 heavy (non-hydrogen) atoms. The van der Waals surface area contributed by atoms with Gasteiger partial charge in [-0.1, -0.05) is 18.2 Å². The predicted molar refractivity (Wildman–Crippen MR) is 85.3 cm³/mol.